The van der Waals surface area contributed by atoms with Crippen molar-refractivity contribution < 1.29 is 4.74 Å². The fourth-order valence-electron chi connectivity index (χ4n) is 3.82. The maximum absolute atomic E-state index is 5.75. The molecule has 0 fully saturated rings. The molecule has 0 aromatic heterocycles. The van der Waals surface area contributed by atoms with E-state index < -0.39 is 0 Å². The number of hydrogen-bond donors (Lipinski definition) is 0. The van der Waals surface area contributed by atoms with E-state index in [2.05, 4.69) is 84.9 Å². The molecule has 1 rings (SSSR count). The Bertz CT molecular complexity index is 705. The maximum Gasteiger partial charge on any atom is 0.0800 e. The summed E-state index contributed by atoms with van der Waals surface area (Å²) >= 11 is 0. The van der Waals surface area contributed by atoms with Gasteiger partial charge in [0.2, 0.25) is 0 Å². The molecule has 1 atom stereocenters. The highest BCUT2D eigenvalue weighted by atomic mass is 16.5. The minimum Gasteiger partial charge on any atom is -0.369 e. The van der Waals surface area contributed by atoms with Gasteiger partial charge in [0.25, 0.3) is 0 Å². The molecule has 0 bridgehead atoms. The van der Waals surface area contributed by atoms with Gasteiger partial charge in [-0.05, 0) is 112 Å². The highest BCUT2D eigenvalue weighted by Gasteiger charge is 2.13. The molecule has 0 spiro atoms. The van der Waals surface area contributed by atoms with E-state index in [0.29, 0.717) is 6.10 Å². The zero-order chi connectivity index (χ0) is 23.1. The van der Waals surface area contributed by atoms with Crippen molar-refractivity contribution >= 4 is 0 Å². The summed E-state index contributed by atoms with van der Waals surface area (Å²) in [5.41, 5.74) is 8.79. The van der Waals surface area contributed by atoms with Crippen LogP contribution in [0.5, 0.6) is 0 Å². The zero-order valence-corrected chi connectivity index (χ0v) is 21.5. The van der Waals surface area contributed by atoms with Gasteiger partial charge >= 0.3 is 0 Å². The van der Waals surface area contributed by atoms with E-state index in [9.17, 15) is 0 Å². The normalized spacial score (nSPS) is 18.4. The summed E-state index contributed by atoms with van der Waals surface area (Å²) in [5.74, 6) is 0. The second kappa shape index (κ2) is 16.1. The lowest BCUT2D eigenvalue weighted by Crippen LogP contribution is -2.04. The molecule has 0 aromatic rings. The molecule has 0 amide bonds. The van der Waals surface area contributed by atoms with Gasteiger partial charge in [0.1, 0.15) is 0 Å². The van der Waals surface area contributed by atoms with Gasteiger partial charge in [-0.15, -0.1) is 0 Å². The third kappa shape index (κ3) is 14.9. The largest absolute Gasteiger partial charge is 0.369 e. The lowest BCUT2D eigenvalue weighted by Gasteiger charge is -2.08. The number of ether oxygens (including phenoxy) is 1. The van der Waals surface area contributed by atoms with E-state index in [1.54, 1.807) is 0 Å². The van der Waals surface area contributed by atoms with Gasteiger partial charge in [0.05, 0.1) is 12.7 Å². The van der Waals surface area contributed by atoms with E-state index in [1.165, 1.54) is 59.1 Å². The lowest BCUT2D eigenvalue weighted by atomic mass is 10.0. The summed E-state index contributed by atoms with van der Waals surface area (Å²) < 4.78 is 5.75. The SMILES string of the molecule is CC(C)=CCC/C(C)=C/CC/C(C)=C/CC/C=C(\C)CC/C=C(\C)CC1C=C(C)CO1. The molecule has 0 aliphatic carbocycles. The number of hydrogen-bond acceptors (Lipinski definition) is 1. The first-order valence-electron chi connectivity index (χ1n) is 12.3. The van der Waals surface area contributed by atoms with Gasteiger partial charge in [0, 0.05) is 0 Å². The van der Waals surface area contributed by atoms with Gasteiger partial charge < -0.3 is 4.74 Å². The van der Waals surface area contributed by atoms with Crippen LogP contribution in [0.1, 0.15) is 106 Å². The molecule has 0 saturated heterocycles. The van der Waals surface area contributed by atoms with Crippen LogP contribution in [0, 0.1) is 0 Å². The summed E-state index contributed by atoms with van der Waals surface area (Å²) in [5, 5.41) is 0. The Morgan fingerprint density at radius 1 is 0.710 bits per heavy atom. The molecule has 1 nitrogen and oxygen atoms in total. The van der Waals surface area contributed by atoms with Crippen molar-refractivity contribution in [3.8, 4) is 0 Å². The Hall–Kier alpha value is -1.60. The number of rotatable bonds is 14. The van der Waals surface area contributed by atoms with Crippen LogP contribution in [0.25, 0.3) is 0 Å². The second-order valence-electron chi connectivity index (χ2n) is 9.74. The van der Waals surface area contributed by atoms with Gasteiger partial charge in [-0.1, -0.05) is 64.3 Å². The van der Waals surface area contributed by atoms with Crippen molar-refractivity contribution in [3.63, 3.8) is 0 Å². The molecular weight excluding hydrogens is 376 g/mol. The van der Waals surface area contributed by atoms with E-state index in [1.807, 2.05) is 0 Å². The van der Waals surface area contributed by atoms with Crippen molar-refractivity contribution in [1.82, 2.24) is 0 Å². The third-order valence-electron chi connectivity index (χ3n) is 5.83. The molecule has 0 N–H and O–H groups in total. The van der Waals surface area contributed by atoms with Crippen LogP contribution < -0.4 is 0 Å². The predicted molar refractivity (Wildman–Crippen MR) is 140 cm³/mol. The first kappa shape index (κ1) is 27.4. The van der Waals surface area contributed by atoms with Crippen LogP contribution >= 0.6 is 0 Å². The quantitative estimate of drug-likeness (QED) is 0.199. The molecule has 1 heterocycles. The molecule has 31 heavy (non-hydrogen) atoms. The lowest BCUT2D eigenvalue weighted by molar-refractivity contribution is 0.125. The summed E-state index contributed by atoms with van der Waals surface area (Å²) in [6.45, 7) is 16.4. The summed E-state index contributed by atoms with van der Waals surface area (Å²) in [7, 11) is 0. The Morgan fingerprint density at radius 2 is 1.16 bits per heavy atom. The Balaban J connectivity index is 2.20. The molecular formula is C30H48O. The van der Waals surface area contributed by atoms with Gasteiger partial charge in [-0.3, -0.25) is 0 Å². The van der Waals surface area contributed by atoms with E-state index in [-0.39, 0.29) is 0 Å². The maximum atomic E-state index is 5.75. The molecule has 1 aliphatic rings. The van der Waals surface area contributed by atoms with E-state index in [4.69, 9.17) is 4.74 Å². The van der Waals surface area contributed by atoms with Crippen LogP contribution in [-0.2, 0) is 4.74 Å². The standard InChI is InChI=1S/C30H48O/c1-24(2)13-10-16-27(5)18-11-17-25(3)14-8-9-15-26(4)19-12-20-28(6)21-30-22-29(7)23-31-30/h13-15,18,20,22,30H,8-12,16-17,19,21,23H2,1-7H3/b25-14+,26-15+,27-18+,28-20+. The number of unbranched alkanes of at least 4 members (excludes halogenated alkanes) is 1. The fourth-order valence-corrected chi connectivity index (χ4v) is 3.82. The molecule has 1 heteroatoms. The summed E-state index contributed by atoms with van der Waals surface area (Å²) in [4.78, 5) is 0. The molecule has 0 radical (unpaired) electrons. The first-order chi connectivity index (χ1) is 14.8. The minimum atomic E-state index is 0.296. The Labute approximate surface area is 193 Å². The Kier molecular flexibility index (Phi) is 14.2. The van der Waals surface area contributed by atoms with E-state index in [0.717, 1.165) is 38.7 Å². The van der Waals surface area contributed by atoms with Crippen LogP contribution in [0.4, 0.5) is 0 Å². The van der Waals surface area contributed by atoms with Crippen LogP contribution in [0.3, 0.4) is 0 Å². The summed E-state index contributed by atoms with van der Waals surface area (Å²) in [6.07, 6.45) is 24.9. The molecule has 174 valence electrons. The molecule has 0 saturated carbocycles. The summed E-state index contributed by atoms with van der Waals surface area (Å²) in [6, 6.07) is 0. The van der Waals surface area contributed by atoms with Gasteiger partial charge in [0.15, 0.2) is 0 Å². The zero-order valence-electron chi connectivity index (χ0n) is 21.5. The highest BCUT2D eigenvalue weighted by Crippen LogP contribution is 2.19. The third-order valence-corrected chi connectivity index (χ3v) is 5.83. The fraction of sp³-hybridized carbons (Fsp3) is 0.600. The second-order valence-corrected chi connectivity index (χ2v) is 9.74. The van der Waals surface area contributed by atoms with Crippen LogP contribution in [0.15, 0.2) is 69.9 Å². The van der Waals surface area contributed by atoms with Crippen molar-refractivity contribution in [2.24, 2.45) is 0 Å². The van der Waals surface area contributed by atoms with Crippen LogP contribution in [0.2, 0.25) is 0 Å². The van der Waals surface area contributed by atoms with E-state index >= 15 is 0 Å². The number of allylic oxidation sites excluding steroid dienone is 9. The topological polar surface area (TPSA) is 9.23 Å². The van der Waals surface area contributed by atoms with Crippen molar-refractivity contribution in [2.75, 3.05) is 6.61 Å². The monoisotopic (exact) mass is 424 g/mol. The van der Waals surface area contributed by atoms with Crippen molar-refractivity contribution in [3.05, 3.63) is 69.9 Å². The first-order valence-corrected chi connectivity index (χ1v) is 12.3. The van der Waals surface area contributed by atoms with Crippen molar-refractivity contribution in [2.45, 2.75) is 112 Å². The Morgan fingerprint density at radius 3 is 1.61 bits per heavy atom. The van der Waals surface area contributed by atoms with Crippen LogP contribution in [-0.4, -0.2) is 12.7 Å². The molecule has 0 aromatic carbocycles. The van der Waals surface area contributed by atoms with Gasteiger partial charge in [-0.25, -0.2) is 0 Å². The minimum absolute atomic E-state index is 0.296. The predicted octanol–water partition coefficient (Wildman–Crippen LogP) is 9.59. The molecule has 1 aliphatic heterocycles. The average Bonchev–Trinajstić information content (AvgIpc) is 3.09. The smallest absolute Gasteiger partial charge is 0.0800 e. The van der Waals surface area contributed by atoms with Crippen molar-refractivity contribution in [1.29, 1.82) is 0 Å². The highest BCUT2D eigenvalue weighted by molar-refractivity contribution is 5.13. The van der Waals surface area contributed by atoms with Gasteiger partial charge in [-0.2, -0.15) is 0 Å². The average molecular weight is 425 g/mol. The molecule has 1 unspecified atom stereocenters.